The number of hydrogen-bond donors (Lipinski definition) is 0. The highest BCUT2D eigenvalue weighted by atomic mass is 32.2. The maximum absolute atomic E-state index is 12.8. The fourth-order valence-corrected chi connectivity index (χ4v) is 6.04. The van der Waals surface area contributed by atoms with Crippen molar-refractivity contribution >= 4 is 21.4 Å². The number of rotatable bonds is 2. The first kappa shape index (κ1) is 15.4. The van der Waals surface area contributed by atoms with Crippen molar-refractivity contribution in [3.63, 3.8) is 0 Å². The Kier molecular flexibility index (Phi) is 4.36. The summed E-state index contributed by atoms with van der Waals surface area (Å²) in [7, 11) is -3.42. The Bertz CT molecular complexity index is 589. The van der Waals surface area contributed by atoms with Crippen LogP contribution < -0.4 is 0 Å². The molecule has 3 rings (SSSR count). The molecular weight excluding hydrogens is 308 g/mol. The largest absolute Gasteiger partial charge is 0.372 e. The van der Waals surface area contributed by atoms with Crippen molar-refractivity contribution in [3.05, 3.63) is 11.2 Å². The molecule has 1 aromatic rings. The second kappa shape index (κ2) is 5.95. The van der Waals surface area contributed by atoms with Gasteiger partial charge in [-0.1, -0.05) is 25.7 Å². The zero-order chi connectivity index (χ0) is 14.9. The summed E-state index contributed by atoms with van der Waals surface area (Å²) in [6.07, 6.45) is 8.14. The van der Waals surface area contributed by atoms with Crippen LogP contribution in [0.5, 0.6) is 0 Å². The van der Waals surface area contributed by atoms with E-state index >= 15 is 0 Å². The van der Waals surface area contributed by atoms with Crippen LogP contribution in [-0.2, 0) is 14.8 Å². The zero-order valence-corrected chi connectivity index (χ0v) is 14.0. The average Bonchev–Trinajstić information content (AvgIpc) is 2.79. The van der Waals surface area contributed by atoms with E-state index in [4.69, 9.17) is 4.74 Å². The molecule has 1 saturated carbocycles. The lowest BCUT2D eigenvalue weighted by atomic mass is 9.93. The van der Waals surface area contributed by atoms with Gasteiger partial charge in [-0.15, -0.1) is 11.3 Å². The number of morpholine rings is 1. The van der Waals surface area contributed by atoms with Crippen molar-refractivity contribution in [1.82, 2.24) is 9.29 Å². The first-order valence-electron chi connectivity index (χ1n) is 7.58. The lowest BCUT2D eigenvalue weighted by Crippen LogP contribution is -2.53. The summed E-state index contributed by atoms with van der Waals surface area (Å²) < 4.78 is 33.5. The van der Waals surface area contributed by atoms with Crippen molar-refractivity contribution in [2.75, 3.05) is 19.7 Å². The van der Waals surface area contributed by atoms with Gasteiger partial charge in [0.2, 0.25) is 0 Å². The lowest BCUT2D eigenvalue weighted by molar-refractivity contribution is -0.0975. The molecule has 1 saturated heterocycles. The number of thiazole rings is 1. The molecule has 2 aliphatic rings. The molecule has 0 amide bonds. The maximum Gasteiger partial charge on any atom is 0.254 e. The summed E-state index contributed by atoms with van der Waals surface area (Å²) in [5.41, 5.74) is -0.262. The van der Waals surface area contributed by atoms with Gasteiger partial charge in [0.25, 0.3) is 10.0 Å². The topological polar surface area (TPSA) is 59.5 Å². The van der Waals surface area contributed by atoms with E-state index < -0.39 is 10.0 Å². The van der Waals surface area contributed by atoms with Gasteiger partial charge in [0, 0.05) is 13.1 Å². The van der Waals surface area contributed by atoms with Crippen LogP contribution in [0.3, 0.4) is 0 Å². The Morgan fingerprint density at radius 1 is 1.29 bits per heavy atom. The minimum Gasteiger partial charge on any atom is -0.372 e. The standard InChI is InChI=1S/C14H22N2O3S2/c1-12-15-10-13(20-12)21(17,18)16-8-9-19-14(11-16)6-4-2-3-5-7-14/h10H,2-9,11H2,1H3. The monoisotopic (exact) mass is 330 g/mol. The van der Waals surface area contributed by atoms with Crippen LogP contribution in [0.2, 0.25) is 0 Å². The summed E-state index contributed by atoms with van der Waals surface area (Å²) in [6, 6.07) is 0. The molecule has 0 atom stereocenters. The molecule has 0 unspecified atom stereocenters. The van der Waals surface area contributed by atoms with E-state index in [1.54, 1.807) is 4.31 Å². The Morgan fingerprint density at radius 2 is 2.00 bits per heavy atom. The molecule has 7 heteroatoms. The molecule has 0 N–H and O–H groups in total. The van der Waals surface area contributed by atoms with Gasteiger partial charge in [-0.2, -0.15) is 4.31 Å². The van der Waals surface area contributed by atoms with E-state index in [2.05, 4.69) is 4.98 Å². The summed E-state index contributed by atoms with van der Waals surface area (Å²) in [6.45, 7) is 3.26. The molecule has 2 fully saturated rings. The number of hydrogen-bond acceptors (Lipinski definition) is 5. The van der Waals surface area contributed by atoms with E-state index in [9.17, 15) is 8.42 Å². The zero-order valence-electron chi connectivity index (χ0n) is 12.4. The fourth-order valence-electron chi connectivity index (χ4n) is 3.28. The molecule has 1 aliphatic carbocycles. The summed E-state index contributed by atoms with van der Waals surface area (Å²) in [5.74, 6) is 0. The van der Waals surface area contributed by atoms with Crippen molar-refractivity contribution < 1.29 is 13.2 Å². The number of sulfonamides is 1. The van der Waals surface area contributed by atoms with Crippen LogP contribution >= 0.6 is 11.3 Å². The van der Waals surface area contributed by atoms with Gasteiger partial charge in [0.05, 0.1) is 23.4 Å². The number of ether oxygens (including phenoxy) is 1. The Hall–Kier alpha value is -0.500. The second-order valence-corrected chi connectivity index (χ2v) is 9.38. The quantitative estimate of drug-likeness (QED) is 0.836. The number of aromatic nitrogens is 1. The minimum atomic E-state index is -3.42. The van der Waals surface area contributed by atoms with Crippen LogP contribution in [0.1, 0.15) is 43.5 Å². The Morgan fingerprint density at radius 3 is 2.62 bits per heavy atom. The molecule has 1 aliphatic heterocycles. The van der Waals surface area contributed by atoms with E-state index in [0.29, 0.717) is 23.9 Å². The van der Waals surface area contributed by atoms with Gasteiger partial charge in [-0.05, 0) is 19.8 Å². The van der Waals surface area contributed by atoms with Crippen molar-refractivity contribution in [2.24, 2.45) is 0 Å². The van der Waals surface area contributed by atoms with E-state index in [1.165, 1.54) is 30.4 Å². The van der Waals surface area contributed by atoms with Crippen LogP contribution in [0.15, 0.2) is 10.4 Å². The van der Waals surface area contributed by atoms with E-state index in [0.717, 1.165) is 30.7 Å². The highest BCUT2D eigenvalue weighted by molar-refractivity contribution is 7.91. The van der Waals surface area contributed by atoms with Crippen LogP contribution in [0, 0.1) is 6.92 Å². The second-order valence-electron chi connectivity index (χ2n) is 5.98. The Labute approximate surface area is 130 Å². The summed E-state index contributed by atoms with van der Waals surface area (Å²) in [5, 5.41) is 0.783. The predicted molar refractivity (Wildman–Crippen MR) is 82.0 cm³/mol. The van der Waals surface area contributed by atoms with Gasteiger partial charge in [-0.3, -0.25) is 0 Å². The third-order valence-corrected chi connectivity index (χ3v) is 7.62. The smallest absolute Gasteiger partial charge is 0.254 e. The molecule has 2 heterocycles. The third kappa shape index (κ3) is 3.16. The molecule has 1 aromatic heterocycles. The maximum atomic E-state index is 12.8. The molecule has 118 valence electrons. The van der Waals surface area contributed by atoms with Crippen LogP contribution in [-0.4, -0.2) is 43.0 Å². The summed E-state index contributed by atoms with van der Waals surface area (Å²) >= 11 is 1.25. The average molecular weight is 330 g/mol. The molecule has 1 spiro atoms. The first-order chi connectivity index (χ1) is 10.0. The van der Waals surface area contributed by atoms with Gasteiger partial charge < -0.3 is 4.74 Å². The molecular formula is C14H22N2O3S2. The highest BCUT2D eigenvalue weighted by Crippen LogP contribution is 2.35. The molecule has 21 heavy (non-hydrogen) atoms. The predicted octanol–water partition coefficient (Wildman–Crippen LogP) is 2.57. The van der Waals surface area contributed by atoms with Crippen LogP contribution in [0.4, 0.5) is 0 Å². The molecule has 0 radical (unpaired) electrons. The van der Waals surface area contributed by atoms with Crippen molar-refractivity contribution in [1.29, 1.82) is 0 Å². The lowest BCUT2D eigenvalue weighted by Gasteiger charge is -2.41. The SMILES string of the molecule is Cc1ncc(S(=O)(=O)N2CCOC3(CCCCCC3)C2)s1. The summed E-state index contributed by atoms with van der Waals surface area (Å²) in [4.78, 5) is 4.08. The Balaban J connectivity index is 1.82. The van der Waals surface area contributed by atoms with Crippen LogP contribution in [0.25, 0.3) is 0 Å². The van der Waals surface area contributed by atoms with Crippen molar-refractivity contribution in [3.8, 4) is 0 Å². The highest BCUT2D eigenvalue weighted by Gasteiger charge is 2.41. The first-order valence-corrected chi connectivity index (χ1v) is 9.84. The number of aryl methyl sites for hydroxylation is 1. The molecule has 5 nitrogen and oxygen atoms in total. The van der Waals surface area contributed by atoms with Crippen molar-refractivity contribution in [2.45, 2.75) is 55.3 Å². The van der Waals surface area contributed by atoms with Gasteiger partial charge in [0.15, 0.2) is 4.21 Å². The minimum absolute atomic E-state index is 0.262. The van der Waals surface area contributed by atoms with Gasteiger partial charge in [-0.25, -0.2) is 13.4 Å². The van der Waals surface area contributed by atoms with Gasteiger partial charge >= 0.3 is 0 Å². The van der Waals surface area contributed by atoms with Gasteiger partial charge in [0.1, 0.15) is 0 Å². The number of nitrogens with zero attached hydrogens (tertiary/aromatic N) is 2. The molecule has 0 bridgehead atoms. The molecule has 0 aromatic carbocycles. The van der Waals surface area contributed by atoms with E-state index in [1.807, 2.05) is 6.92 Å². The van der Waals surface area contributed by atoms with E-state index in [-0.39, 0.29) is 5.60 Å². The normalized spacial score (nSPS) is 24.0. The third-order valence-electron chi connectivity index (χ3n) is 4.42. The fraction of sp³-hybridized carbons (Fsp3) is 0.786.